The van der Waals surface area contributed by atoms with Gasteiger partial charge in [-0.2, -0.15) is 4.39 Å². The fourth-order valence-corrected chi connectivity index (χ4v) is 1.85. The Morgan fingerprint density at radius 1 is 1.47 bits per heavy atom. The summed E-state index contributed by atoms with van der Waals surface area (Å²) >= 11 is 1.21. The number of hydrogen-bond acceptors (Lipinski definition) is 4. The van der Waals surface area contributed by atoms with E-state index in [1.165, 1.54) is 11.3 Å². The van der Waals surface area contributed by atoms with E-state index >= 15 is 0 Å². The van der Waals surface area contributed by atoms with Crippen LogP contribution in [-0.4, -0.2) is 15.9 Å². The Morgan fingerprint density at radius 2 is 2.24 bits per heavy atom. The number of rotatable bonds is 2. The molecule has 0 aromatic carbocycles. The number of aryl methyl sites for hydroxylation is 1. The highest BCUT2D eigenvalue weighted by molar-refractivity contribution is 7.13. The standard InChI is InChI=1S/C10H7F2N3OS/c1-5-4-17-10(14-5)15-9(16)6-2-3-13-8(12)7(6)11/h2-4H,1H3,(H,14,15,16). The summed E-state index contributed by atoms with van der Waals surface area (Å²) in [6, 6.07) is 1.11. The molecule has 0 radical (unpaired) electrons. The van der Waals surface area contributed by atoms with Gasteiger partial charge in [-0.05, 0) is 13.0 Å². The molecule has 0 saturated carbocycles. The van der Waals surface area contributed by atoms with Crippen molar-refractivity contribution in [1.29, 1.82) is 0 Å². The molecule has 0 saturated heterocycles. The first kappa shape index (κ1) is 11.6. The van der Waals surface area contributed by atoms with Crippen molar-refractivity contribution in [1.82, 2.24) is 9.97 Å². The van der Waals surface area contributed by atoms with Gasteiger partial charge < -0.3 is 0 Å². The number of anilines is 1. The van der Waals surface area contributed by atoms with E-state index in [1.807, 2.05) is 0 Å². The van der Waals surface area contributed by atoms with Crippen LogP contribution < -0.4 is 5.32 Å². The van der Waals surface area contributed by atoms with Gasteiger partial charge in [-0.15, -0.1) is 11.3 Å². The number of carbonyl (C=O) groups is 1. The molecule has 0 aliphatic carbocycles. The number of hydrogen-bond donors (Lipinski definition) is 1. The lowest BCUT2D eigenvalue weighted by molar-refractivity contribution is 0.102. The molecule has 17 heavy (non-hydrogen) atoms. The Morgan fingerprint density at radius 3 is 2.88 bits per heavy atom. The van der Waals surface area contributed by atoms with Crippen molar-refractivity contribution in [3.8, 4) is 0 Å². The van der Waals surface area contributed by atoms with Crippen LogP contribution >= 0.6 is 11.3 Å². The number of carbonyl (C=O) groups excluding carboxylic acids is 1. The highest BCUT2D eigenvalue weighted by Crippen LogP contribution is 2.17. The third-order valence-corrected chi connectivity index (χ3v) is 2.81. The summed E-state index contributed by atoms with van der Waals surface area (Å²) in [5, 5.41) is 4.45. The highest BCUT2D eigenvalue weighted by Gasteiger charge is 2.16. The van der Waals surface area contributed by atoms with Crippen molar-refractivity contribution in [3.63, 3.8) is 0 Å². The maximum Gasteiger partial charge on any atom is 0.260 e. The van der Waals surface area contributed by atoms with E-state index in [2.05, 4.69) is 15.3 Å². The number of nitrogens with one attached hydrogen (secondary N) is 1. The molecular formula is C10H7F2N3OS. The molecule has 0 spiro atoms. The molecule has 0 unspecified atom stereocenters. The third-order valence-electron chi connectivity index (χ3n) is 1.93. The monoisotopic (exact) mass is 255 g/mol. The Hall–Kier alpha value is -1.89. The van der Waals surface area contributed by atoms with Crippen LogP contribution in [-0.2, 0) is 0 Å². The van der Waals surface area contributed by atoms with Gasteiger partial charge in [0.05, 0.1) is 11.3 Å². The van der Waals surface area contributed by atoms with E-state index in [4.69, 9.17) is 0 Å². The maximum atomic E-state index is 13.2. The predicted molar refractivity (Wildman–Crippen MR) is 59.0 cm³/mol. The summed E-state index contributed by atoms with van der Waals surface area (Å²) in [6.07, 6.45) is 1.03. The normalized spacial score (nSPS) is 10.3. The molecule has 0 aliphatic heterocycles. The fraction of sp³-hybridized carbons (Fsp3) is 0.100. The molecule has 0 aliphatic rings. The molecular weight excluding hydrogens is 248 g/mol. The second-order valence-corrected chi connectivity index (χ2v) is 4.07. The summed E-state index contributed by atoms with van der Waals surface area (Å²) in [6.45, 7) is 1.76. The Bertz CT molecular complexity index is 570. The van der Waals surface area contributed by atoms with Gasteiger partial charge in [-0.1, -0.05) is 0 Å². The van der Waals surface area contributed by atoms with Crippen molar-refractivity contribution in [2.45, 2.75) is 6.92 Å². The molecule has 2 rings (SSSR count). The smallest absolute Gasteiger partial charge is 0.260 e. The van der Waals surface area contributed by atoms with Gasteiger partial charge in [0, 0.05) is 11.6 Å². The molecule has 0 bridgehead atoms. The van der Waals surface area contributed by atoms with Crippen LogP contribution in [0.3, 0.4) is 0 Å². The SMILES string of the molecule is Cc1csc(NC(=O)c2ccnc(F)c2F)n1. The molecule has 0 atom stereocenters. The zero-order valence-corrected chi connectivity index (χ0v) is 9.52. The van der Waals surface area contributed by atoms with Gasteiger partial charge in [0.15, 0.2) is 10.9 Å². The molecule has 2 heterocycles. The van der Waals surface area contributed by atoms with E-state index in [-0.39, 0.29) is 0 Å². The fourth-order valence-electron chi connectivity index (χ4n) is 1.17. The minimum Gasteiger partial charge on any atom is -0.298 e. The number of halogens is 2. The van der Waals surface area contributed by atoms with E-state index in [0.29, 0.717) is 5.13 Å². The average molecular weight is 255 g/mol. The summed E-state index contributed by atoms with van der Waals surface area (Å²) in [5.41, 5.74) is 0.344. The Kier molecular flexibility index (Phi) is 3.10. The van der Waals surface area contributed by atoms with Crippen molar-refractivity contribution in [2.24, 2.45) is 0 Å². The van der Waals surface area contributed by atoms with Gasteiger partial charge in [-0.25, -0.2) is 14.4 Å². The topological polar surface area (TPSA) is 54.9 Å². The van der Waals surface area contributed by atoms with Gasteiger partial charge in [0.2, 0.25) is 5.95 Å². The third kappa shape index (κ3) is 2.44. The zero-order valence-electron chi connectivity index (χ0n) is 8.70. The van der Waals surface area contributed by atoms with Crippen LogP contribution in [0.2, 0.25) is 0 Å². The molecule has 7 heteroatoms. The number of nitrogens with zero attached hydrogens (tertiary/aromatic N) is 2. The lowest BCUT2D eigenvalue weighted by Crippen LogP contribution is -2.14. The van der Waals surface area contributed by atoms with Gasteiger partial charge in [-0.3, -0.25) is 10.1 Å². The van der Waals surface area contributed by atoms with Crippen LogP contribution in [0.25, 0.3) is 0 Å². The van der Waals surface area contributed by atoms with Gasteiger partial charge in [0.1, 0.15) is 0 Å². The van der Waals surface area contributed by atoms with Crippen LogP contribution in [0.15, 0.2) is 17.6 Å². The number of aromatic nitrogens is 2. The lowest BCUT2D eigenvalue weighted by Gasteiger charge is -2.02. The Balaban J connectivity index is 2.23. The maximum absolute atomic E-state index is 13.2. The average Bonchev–Trinajstić information content (AvgIpc) is 2.68. The zero-order chi connectivity index (χ0) is 12.4. The number of thiazole rings is 1. The van der Waals surface area contributed by atoms with Gasteiger partial charge >= 0.3 is 0 Å². The van der Waals surface area contributed by atoms with Gasteiger partial charge in [0.25, 0.3) is 5.91 Å². The molecule has 0 fully saturated rings. The van der Waals surface area contributed by atoms with Crippen molar-refractivity contribution >= 4 is 22.4 Å². The second kappa shape index (κ2) is 4.54. The first-order valence-corrected chi connectivity index (χ1v) is 5.49. The molecule has 2 aromatic rings. The van der Waals surface area contributed by atoms with E-state index in [9.17, 15) is 13.6 Å². The number of amides is 1. The summed E-state index contributed by atoms with van der Waals surface area (Å²) in [5.74, 6) is -3.32. The van der Waals surface area contributed by atoms with Crippen LogP contribution in [0.1, 0.15) is 16.1 Å². The van der Waals surface area contributed by atoms with E-state index in [0.717, 1.165) is 18.0 Å². The van der Waals surface area contributed by atoms with Crippen molar-refractivity contribution in [2.75, 3.05) is 5.32 Å². The summed E-state index contributed by atoms with van der Waals surface area (Å²) in [7, 11) is 0. The molecule has 1 N–H and O–H groups in total. The summed E-state index contributed by atoms with van der Waals surface area (Å²) in [4.78, 5) is 18.7. The summed E-state index contributed by atoms with van der Waals surface area (Å²) < 4.78 is 26.0. The van der Waals surface area contributed by atoms with E-state index in [1.54, 1.807) is 12.3 Å². The second-order valence-electron chi connectivity index (χ2n) is 3.21. The molecule has 88 valence electrons. The molecule has 1 amide bonds. The molecule has 4 nitrogen and oxygen atoms in total. The highest BCUT2D eigenvalue weighted by atomic mass is 32.1. The van der Waals surface area contributed by atoms with Crippen molar-refractivity contribution in [3.05, 3.63) is 40.7 Å². The first-order chi connectivity index (χ1) is 8.08. The minimum atomic E-state index is -1.30. The van der Waals surface area contributed by atoms with Crippen molar-refractivity contribution < 1.29 is 13.6 Å². The largest absolute Gasteiger partial charge is 0.298 e. The van der Waals surface area contributed by atoms with Crippen LogP contribution in [0, 0.1) is 18.7 Å². The number of pyridine rings is 1. The predicted octanol–water partition coefficient (Wildman–Crippen LogP) is 2.38. The van der Waals surface area contributed by atoms with Crippen LogP contribution in [0.4, 0.5) is 13.9 Å². The molecule has 2 aromatic heterocycles. The minimum absolute atomic E-state index is 0.337. The first-order valence-electron chi connectivity index (χ1n) is 4.61. The van der Waals surface area contributed by atoms with E-state index < -0.39 is 23.2 Å². The quantitative estimate of drug-likeness (QED) is 0.838. The van der Waals surface area contributed by atoms with Crippen LogP contribution in [0.5, 0.6) is 0 Å². The lowest BCUT2D eigenvalue weighted by atomic mass is 10.2. The Labute approximate surface area is 99.3 Å².